The van der Waals surface area contributed by atoms with Crippen LogP contribution in [0.4, 0.5) is 11.4 Å². The normalized spacial score (nSPS) is 14.9. The summed E-state index contributed by atoms with van der Waals surface area (Å²) in [5.41, 5.74) is 3.35. The van der Waals surface area contributed by atoms with Crippen LogP contribution in [0.25, 0.3) is 11.4 Å². The van der Waals surface area contributed by atoms with E-state index in [0.29, 0.717) is 11.4 Å². The van der Waals surface area contributed by atoms with Gasteiger partial charge in [0.2, 0.25) is 4.77 Å². The zero-order valence-electron chi connectivity index (χ0n) is 16.1. The molecule has 1 aliphatic heterocycles. The molecule has 2 aromatic carbocycles. The average molecular weight is 411 g/mol. The number of nitrogens with zero attached hydrogens (tertiary/aromatic N) is 5. The van der Waals surface area contributed by atoms with E-state index in [4.69, 9.17) is 12.2 Å². The van der Waals surface area contributed by atoms with Gasteiger partial charge in [-0.15, -0.1) is 0 Å². The fourth-order valence-corrected chi connectivity index (χ4v) is 3.62. The minimum absolute atomic E-state index is 0.116. The van der Waals surface area contributed by atoms with Crippen LogP contribution in [-0.4, -0.2) is 50.8 Å². The van der Waals surface area contributed by atoms with Crippen molar-refractivity contribution in [3.63, 3.8) is 0 Å². The molecule has 0 aliphatic carbocycles. The number of aromatic amines is 1. The smallest absolute Gasteiger partial charge is 0.269 e. The van der Waals surface area contributed by atoms with E-state index in [1.54, 1.807) is 12.1 Å². The topological polar surface area (TPSA) is 83.2 Å². The lowest BCUT2D eigenvalue weighted by atomic mass is 10.1. The molecular formula is C20H22N6O2S. The highest BCUT2D eigenvalue weighted by Crippen LogP contribution is 2.21. The van der Waals surface area contributed by atoms with E-state index in [-0.39, 0.29) is 10.6 Å². The summed E-state index contributed by atoms with van der Waals surface area (Å²) in [5, 5.41) is 14.1. The Morgan fingerprint density at radius 3 is 2.34 bits per heavy atom. The summed E-state index contributed by atoms with van der Waals surface area (Å²) in [5.74, 6) is 0.777. The molecule has 1 aliphatic rings. The van der Waals surface area contributed by atoms with Gasteiger partial charge in [0.25, 0.3) is 5.69 Å². The van der Waals surface area contributed by atoms with Gasteiger partial charge < -0.3 is 4.90 Å². The second-order valence-corrected chi connectivity index (χ2v) is 7.53. The molecule has 0 atom stereocenters. The van der Waals surface area contributed by atoms with Crippen molar-refractivity contribution in [3.05, 3.63) is 69.0 Å². The van der Waals surface area contributed by atoms with Gasteiger partial charge in [0, 0.05) is 49.6 Å². The van der Waals surface area contributed by atoms with Crippen LogP contribution in [0.5, 0.6) is 0 Å². The molecule has 150 valence electrons. The number of hydrogen-bond donors (Lipinski definition) is 1. The van der Waals surface area contributed by atoms with Crippen LogP contribution in [0, 0.1) is 21.8 Å². The molecule has 1 saturated heterocycles. The minimum Gasteiger partial charge on any atom is -0.369 e. The summed E-state index contributed by atoms with van der Waals surface area (Å²) in [7, 11) is 0. The number of benzene rings is 2. The molecule has 8 nitrogen and oxygen atoms in total. The number of non-ortho nitro benzene ring substituents is 1. The van der Waals surface area contributed by atoms with Gasteiger partial charge in [-0.3, -0.25) is 20.1 Å². The van der Waals surface area contributed by atoms with Crippen molar-refractivity contribution in [2.75, 3.05) is 31.1 Å². The van der Waals surface area contributed by atoms with Crippen molar-refractivity contribution in [1.29, 1.82) is 0 Å². The number of nitrogens with one attached hydrogen (secondary N) is 1. The van der Waals surface area contributed by atoms with Crippen LogP contribution in [0.15, 0.2) is 48.5 Å². The first-order valence-electron chi connectivity index (χ1n) is 9.45. The monoisotopic (exact) mass is 410 g/mol. The second-order valence-electron chi connectivity index (χ2n) is 7.17. The van der Waals surface area contributed by atoms with Crippen molar-refractivity contribution < 1.29 is 4.92 Å². The standard InChI is InChI=1S/C20H22N6O2S/c1-15-2-4-16(5-3-15)19-21-20(29)25(22-19)14-23-10-12-24(13-11-23)17-6-8-18(9-7-17)26(27)28/h2-9H,10-14H2,1H3,(H,21,22,29). The maximum absolute atomic E-state index is 10.8. The molecule has 0 radical (unpaired) electrons. The summed E-state index contributed by atoms with van der Waals surface area (Å²) in [6, 6.07) is 14.9. The Morgan fingerprint density at radius 2 is 1.72 bits per heavy atom. The van der Waals surface area contributed by atoms with Gasteiger partial charge in [-0.25, -0.2) is 4.68 Å². The molecule has 0 amide bonds. The Labute approximate surface area is 173 Å². The van der Waals surface area contributed by atoms with E-state index in [1.807, 2.05) is 28.9 Å². The number of hydrogen-bond acceptors (Lipinski definition) is 6. The molecule has 0 unspecified atom stereocenters. The quantitative estimate of drug-likeness (QED) is 0.393. The molecule has 9 heteroatoms. The Hall–Kier alpha value is -3.04. The highest BCUT2D eigenvalue weighted by Gasteiger charge is 2.19. The Kier molecular flexibility index (Phi) is 5.41. The van der Waals surface area contributed by atoms with Crippen molar-refractivity contribution >= 4 is 23.6 Å². The van der Waals surface area contributed by atoms with Gasteiger partial charge >= 0.3 is 0 Å². The first kappa shape index (κ1) is 19.3. The van der Waals surface area contributed by atoms with Gasteiger partial charge in [0.15, 0.2) is 5.82 Å². The lowest BCUT2D eigenvalue weighted by molar-refractivity contribution is -0.384. The van der Waals surface area contributed by atoms with E-state index in [9.17, 15) is 10.1 Å². The number of aryl methyl sites for hydroxylation is 1. The summed E-state index contributed by atoms with van der Waals surface area (Å²) in [6.45, 7) is 6.16. The number of nitro groups is 1. The third kappa shape index (κ3) is 4.36. The molecule has 2 heterocycles. The average Bonchev–Trinajstić information content (AvgIpc) is 3.09. The van der Waals surface area contributed by atoms with E-state index in [2.05, 4.69) is 38.9 Å². The predicted molar refractivity (Wildman–Crippen MR) is 114 cm³/mol. The molecule has 3 aromatic rings. The Morgan fingerprint density at radius 1 is 1.07 bits per heavy atom. The van der Waals surface area contributed by atoms with E-state index >= 15 is 0 Å². The number of rotatable bonds is 5. The van der Waals surface area contributed by atoms with E-state index in [1.165, 1.54) is 5.56 Å². The van der Waals surface area contributed by atoms with Gasteiger partial charge in [-0.2, -0.15) is 4.98 Å². The third-order valence-electron chi connectivity index (χ3n) is 5.14. The minimum atomic E-state index is -0.374. The molecule has 29 heavy (non-hydrogen) atoms. The molecular weight excluding hydrogens is 388 g/mol. The number of piperazine rings is 1. The SMILES string of the molecule is Cc1ccc(-c2nc(=S)n(CN3CCN(c4ccc([N+](=O)[O-])cc4)CC3)[nH]2)cc1. The number of H-pyrrole nitrogens is 1. The fourth-order valence-electron chi connectivity index (χ4n) is 3.43. The first-order valence-corrected chi connectivity index (χ1v) is 9.86. The Balaban J connectivity index is 1.38. The van der Waals surface area contributed by atoms with Crippen LogP contribution in [0.1, 0.15) is 5.56 Å². The third-order valence-corrected chi connectivity index (χ3v) is 5.46. The highest BCUT2D eigenvalue weighted by molar-refractivity contribution is 7.71. The van der Waals surface area contributed by atoms with Crippen molar-refractivity contribution in [2.45, 2.75) is 13.6 Å². The van der Waals surface area contributed by atoms with Gasteiger partial charge in [-0.1, -0.05) is 29.8 Å². The van der Waals surface area contributed by atoms with Crippen LogP contribution in [-0.2, 0) is 6.67 Å². The molecule has 0 bridgehead atoms. The van der Waals surface area contributed by atoms with Crippen molar-refractivity contribution in [3.8, 4) is 11.4 Å². The molecule has 4 rings (SSSR count). The van der Waals surface area contributed by atoms with Crippen LogP contribution < -0.4 is 4.90 Å². The zero-order valence-corrected chi connectivity index (χ0v) is 16.9. The summed E-state index contributed by atoms with van der Waals surface area (Å²) in [4.78, 5) is 19.5. The maximum atomic E-state index is 10.8. The van der Waals surface area contributed by atoms with Crippen LogP contribution in [0.3, 0.4) is 0 Å². The molecule has 0 saturated carbocycles. The first-order chi connectivity index (χ1) is 14.0. The summed E-state index contributed by atoms with van der Waals surface area (Å²) >= 11 is 5.43. The second kappa shape index (κ2) is 8.14. The van der Waals surface area contributed by atoms with E-state index in [0.717, 1.165) is 43.3 Å². The Bertz CT molecular complexity index is 1050. The summed E-state index contributed by atoms with van der Waals surface area (Å²) in [6.07, 6.45) is 0. The van der Waals surface area contributed by atoms with Crippen molar-refractivity contribution in [2.24, 2.45) is 0 Å². The summed E-state index contributed by atoms with van der Waals surface area (Å²) < 4.78 is 2.44. The van der Waals surface area contributed by atoms with E-state index < -0.39 is 0 Å². The molecule has 1 aromatic heterocycles. The fraction of sp³-hybridized carbons (Fsp3) is 0.300. The van der Waals surface area contributed by atoms with Crippen molar-refractivity contribution in [1.82, 2.24) is 19.7 Å². The van der Waals surface area contributed by atoms with Crippen LogP contribution >= 0.6 is 12.2 Å². The largest absolute Gasteiger partial charge is 0.369 e. The number of nitro benzene ring substituents is 1. The van der Waals surface area contributed by atoms with Gasteiger partial charge in [0.05, 0.1) is 11.6 Å². The highest BCUT2D eigenvalue weighted by atomic mass is 32.1. The lowest BCUT2D eigenvalue weighted by Crippen LogP contribution is -2.46. The van der Waals surface area contributed by atoms with Gasteiger partial charge in [-0.05, 0) is 31.3 Å². The van der Waals surface area contributed by atoms with Crippen LogP contribution in [0.2, 0.25) is 0 Å². The van der Waals surface area contributed by atoms with Gasteiger partial charge in [0.1, 0.15) is 0 Å². The maximum Gasteiger partial charge on any atom is 0.269 e. The zero-order chi connectivity index (χ0) is 20.4. The lowest BCUT2D eigenvalue weighted by Gasteiger charge is -2.35. The molecule has 0 spiro atoms. The molecule has 1 fully saturated rings. The number of anilines is 1. The number of aromatic nitrogens is 3. The molecule has 1 N–H and O–H groups in total. The predicted octanol–water partition coefficient (Wildman–Crippen LogP) is 3.60.